The maximum atomic E-state index is 6.24. The molecular formula is C24H42Cl4N4O2. The molecule has 0 aliphatic rings. The van der Waals surface area contributed by atoms with Gasteiger partial charge in [0.1, 0.15) is 11.5 Å². The fraction of sp³-hybridized carbons (Fsp3) is 0.500. The molecule has 0 spiro atoms. The van der Waals surface area contributed by atoms with Crippen LogP contribution in [0.25, 0.3) is 0 Å². The van der Waals surface area contributed by atoms with Crippen LogP contribution in [0.15, 0.2) is 48.5 Å². The van der Waals surface area contributed by atoms with E-state index in [0.717, 1.165) is 50.5 Å². The second kappa shape index (κ2) is 22.5. The highest BCUT2D eigenvalue weighted by atomic mass is 35.5. The summed E-state index contributed by atoms with van der Waals surface area (Å²) in [5.74, 6) is 1.81. The minimum absolute atomic E-state index is 0. The lowest BCUT2D eigenvalue weighted by Crippen LogP contribution is -2.41. The normalized spacial score (nSPS) is 11.5. The van der Waals surface area contributed by atoms with E-state index in [1.807, 2.05) is 38.1 Å². The van der Waals surface area contributed by atoms with Gasteiger partial charge in [-0.1, -0.05) is 24.3 Å². The zero-order chi connectivity index (χ0) is 21.6. The van der Waals surface area contributed by atoms with Gasteiger partial charge in [0, 0.05) is 38.3 Å². The number of hydrogen-bond acceptors (Lipinski definition) is 6. The van der Waals surface area contributed by atoms with Crippen LogP contribution < -0.4 is 31.6 Å². The third-order valence-corrected chi connectivity index (χ3v) is 4.76. The van der Waals surface area contributed by atoms with E-state index in [1.165, 1.54) is 11.1 Å². The van der Waals surface area contributed by atoms with Crippen LogP contribution in [-0.2, 0) is 12.8 Å². The van der Waals surface area contributed by atoms with Crippen molar-refractivity contribution in [3.05, 3.63) is 59.7 Å². The molecule has 0 amide bonds. The lowest BCUT2D eigenvalue weighted by atomic mass is 10.1. The van der Waals surface area contributed by atoms with Gasteiger partial charge in [-0.15, -0.1) is 49.6 Å². The number of nitrogens with two attached hydrogens (primary N) is 2. The van der Waals surface area contributed by atoms with Crippen molar-refractivity contribution in [2.75, 3.05) is 39.4 Å². The average Bonchev–Trinajstić information content (AvgIpc) is 2.74. The molecule has 0 bridgehead atoms. The van der Waals surface area contributed by atoms with Gasteiger partial charge >= 0.3 is 0 Å². The maximum absolute atomic E-state index is 6.24. The van der Waals surface area contributed by atoms with Crippen LogP contribution in [-0.4, -0.2) is 51.5 Å². The molecule has 0 fully saturated rings. The summed E-state index contributed by atoms with van der Waals surface area (Å²) in [7, 11) is 0. The standard InChI is InChI=1S/C24H38N4O2.4ClH/c1-3-29-23-9-5-19(6-10-23)15-21(25)17-27-13-14-28-18-22(26)16-20-7-11-24(12-8-20)30-4-2;;;;/h5-12,21-22,27-28H,3-4,13-18,25-26H2,1-2H3;4*1H/t21-,22-;;;;/m0..../s1. The number of hydrogen-bond donors (Lipinski definition) is 4. The van der Waals surface area contributed by atoms with E-state index >= 15 is 0 Å². The minimum Gasteiger partial charge on any atom is -0.494 e. The Morgan fingerprint density at radius 3 is 1.24 bits per heavy atom. The second-order valence-corrected chi connectivity index (χ2v) is 7.49. The topological polar surface area (TPSA) is 94.6 Å². The van der Waals surface area contributed by atoms with Gasteiger partial charge < -0.3 is 31.6 Å². The smallest absolute Gasteiger partial charge is 0.119 e. The van der Waals surface area contributed by atoms with Gasteiger partial charge in [0.2, 0.25) is 0 Å². The summed E-state index contributed by atoms with van der Waals surface area (Å²) in [4.78, 5) is 0. The molecule has 6 N–H and O–H groups in total. The second-order valence-electron chi connectivity index (χ2n) is 7.49. The number of benzene rings is 2. The first kappa shape index (κ1) is 37.6. The molecule has 2 aromatic rings. The molecule has 0 aromatic heterocycles. The van der Waals surface area contributed by atoms with Crippen LogP contribution in [0.3, 0.4) is 0 Å². The molecule has 6 nitrogen and oxygen atoms in total. The molecule has 0 radical (unpaired) electrons. The van der Waals surface area contributed by atoms with Crippen LogP contribution in [0.1, 0.15) is 25.0 Å². The highest BCUT2D eigenvalue weighted by Crippen LogP contribution is 2.14. The molecule has 0 unspecified atom stereocenters. The lowest BCUT2D eigenvalue weighted by molar-refractivity contribution is 0.340. The first-order chi connectivity index (χ1) is 14.6. The third-order valence-electron chi connectivity index (χ3n) is 4.76. The summed E-state index contributed by atoms with van der Waals surface area (Å²) >= 11 is 0. The highest BCUT2D eigenvalue weighted by molar-refractivity contribution is 5.86. The average molecular weight is 560 g/mol. The highest BCUT2D eigenvalue weighted by Gasteiger charge is 2.06. The summed E-state index contributed by atoms with van der Waals surface area (Å²) in [5.41, 5.74) is 14.9. The quantitative estimate of drug-likeness (QED) is 0.248. The van der Waals surface area contributed by atoms with Crippen LogP contribution in [0.4, 0.5) is 0 Å². The molecule has 0 saturated carbocycles. The molecule has 2 rings (SSSR count). The van der Waals surface area contributed by atoms with Crippen molar-refractivity contribution in [1.29, 1.82) is 0 Å². The summed E-state index contributed by atoms with van der Waals surface area (Å²) in [6.45, 7) is 8.65. The van der Waals surface area contributed by atoms with Gasteiger partial charge in [-0.2, -0.15) is 0 Å². The van der Waals surface area contributed by atoms with E-state index in [-0.39, 0.29) is 61.7 Å². The minimum atomic E-state index is 0. The van der Waals surface area contributed by atoms with Crippen molar-refractivity contribution in [2.24, 2.45) is 11.5 Å². The molecular weight excluding hydrogens is 518 g/mol. The van der Waals surface area contributed by atoms with Crippen LogP contribution >= 0.6 is 49.6 Å². The Labute approximate surface area is 229 Å². The molecule has 34 heavy (non-hydrogen) atoms. The molecule has 198 valence electrons. The lowest BCUT2D eigenvalue weighted by Gasteiger charge is -2.15. The van der Waals surface area contributed by atoms with Gasteiger partial charge in [0.25, 0.3) is 0 Å². The molecule has 0 aliphatic heterocycles. The van der Waals surface area contributed by atoms with Gasteiger partial charge in [0.15, 0.2) is 0 Å². The van der Waals surface area contributed by atoms with Crippen molar-refractivity contribution in [2.45, 2.75) is 38.8 Å². The zero-order valence-corrected chi connectivity index (χ0v) is 23.3. The monoisotopic (exact) mass is 558 g/mol. The van der Waals surface area contributed by atoms with Crippen molar-refractivity contribution < 1.29 is 9.47 Å². The van der Waals surface area contributed by atoms with Crippen molar-refractivity contribution in [1.82, 2.24) is 10.6 Å². The Hall–Kier alpha value is -0.960. The number of rotatable bonds is 15. The fourth-order valence-electron chi connectivity index (χ4n) is 3.28. The zero-order valence-electron chi connectivity index (χ0n) is 20.0. The summed E-state index contributed by atoms with van der Waals surface area (Å²) in [6, 6.07) is 16.5. The Morgan fingerprint density at radius 1 is 0.618 bits per heavy atom. The first-order valence-corrected chi connectivity index (χ1v) is 11.0. The van der Waals surface area contributed by atoms with E-state index in [9.17, 15) is 0 Å². The molecule has 2 atom stereocenters. The van der Waals surface area contributed by atoms with E-state index in [1.54, 1.807) is 0 Å². The van der Waals surface area contributed by atoms with Crippen molar-refractivity contribution in [3.63, 3.8) is 0 Å². The van der Waals surface area contributed by atoms with E-state index < -0.39 is 0 Å². The van der Waals surface area contributed by atoms with Gasteiger partial charge in [-0.05, 0) is 62.1 Å². The van der Waals surface area contributed by atoms with E-state index in [0.29, 0.717) is 13.2 Å². The molecule has 10 heteroatoms. The van der Waals surface area contributed by atoms with Gasteiger partial charge in [-0.3, -0.25) is 0 Å². The van der Waals surface area contributed by atoms with Crippen molar-refractivity contribution in [3.8, 4) is 11.5 Å². The van der Waals surface area contributed by atoms with Crippen LogP contribution in [0.2, 0.25) is 0 Å². The van der Waals surface area contributed by atoms with E-state index in [2.05, 4.69) is 34.9 Å². The Morgan fingerprint density at radius 2 is 0.941 bits per heavy atom. The maximum Gasteiger partial charge on any atom is 0.119 e. The predicted molar refractivity (Wildman–Crippen MR) is 153 cm³/mol. The largest absolute Gasteiger partial charge is 0.494 e. The van der Waals surface area contributed by atoms with Crippen molar-refractivity contribution >= 4 is 49.6 Å². The van der Waals surface area contributed by atoms with Crippen LogP contribution in [0, 0.1) is 0 Å². The third kappa shape index (κ3) is 15.8. The molecule has 2 aromatic carbocycles. The van der Waals surface area contributed by atoms with Crippen LogP contribution in [0.5, 0.6) is 11.5 Å². The Balaban J connectivity index is -0.00000240. The summed E-state index contributed by atoms with van der Waals surface area (Å²) in [5, 5.41) is 6.82. The summed E-state index contributed by atoms with van der Waals surface area (Å²) in [6.07, 6.45) is 1.69. The predicted octanol–water partition coefficient (Wildman–Crippen LogP) is 3.79. The Bertz CT molecular complexity index is 648. The SMILES string of the molecule is CCOc1ccc(C[C@H](N)CNCCNC[C@@H](N)Cc2ccc(OCC)cc2)cc1.Cl.Cl.Cl.Cl. The van der Waals surface area contributed by atoms with Gasteiger partial charge in [-0.25, -0.2) is 0 Å². The molecule has 0 aliphatic carbocycles. The van der Waals surface area contributed by atoms with E-state index in [4.69, 9.17) is 20.9 Å². The number of halogens is 4. The first-order valence-electron chi connectivity index (χ1n) is 11.0. The molecule has 0 heterocycles. The number of ether oxygens (including phenoxy) is 2. The summed E-state index contributed by atoms with van der Waals surface area (Å²) < 4.78 is 10.9. The number of nitrogens with one attached hydrogen (secondary N) is 2. The molecule has 0 saturated heterocycles. The Kier molecular flexibility index (Phi) is 24.9. The fourth-order valence-corrected chi connectivity index (χ4v) is 3.28. The van der Waals surface area contributed by atoms with Gasteiger partial charge in [0.05, 0.1) is 13.2 Å².